The Bertz CT molecular complexity index is 29.9. The van der Waals surface area contributed by atoms with Gasteiger partial charge >= 0.3 is 64.3 Å². The molecule has 0 aliphatic carbocycles. The second kappa shape index (κ2) is 5.08. The number of rotatable bonds is 0. The van der Waals surface area contributed by atoms with Crippen molar-refractivity contribution < 1.29 is 15.0 Å². The molecule has 0 spiro atoms. The zero-order valence-corrected chi connectivity index (χ0v) is 1.80. The molecule has 0 bridgehead atoms. The van der Waals surface area contributed by atoms with E-state index in [9.17, 15) is 0 Å². The molecule has 2 N–H and O–H groups in total. The van der Waals surface area contributed by atoms with Gasteiger partial charge in [-0.1, -0.05) is 0 Å². The van der Waals surface area contributed by atoms with E-state index in [0.29, 0.717) is 0 Å². The first-order valence-corrected chi connectivity index (χ1v) is 0.651. The molecule has 4 heteroatoms. The van der Waals surface area contributed by atoms with Crippen molar-refractivity contribution in [1.82, 2.24) is 0 Å². The summed E-state index contributed by atoms with van der Waals surface area (Å²) in [7, 11) is 0. The van der Waals surface area contributed by atoms with E-state index >= 15 is 0 Å². The Labute approximate surface area is 77.8 Å². The Balaban J connectivity index is 0. The number of hydrogen-bond donors (Lipinski definition) is 2. The standard InChI is InChI=1S/CH2O3.Rb.H/c2-1(3)4;;/h(H2,2,3,4);;. The van der Waals surface area contributed by atoms with Gasteiger partial charge in [0.15, 0.2) is 0 Å². The fraction of sp³-hybridized carbons (Fsp3) is 0. The molecule has 5 heavy (non-hydrogen) atoms. The van der Waals surface area contributed by atoms with Crippen LogP contribution in [-0.4, -0.2) is 74.6 Å². The number of hydrogen-bond acceptors (Lipinski definition) is 1. The Kier molecular flexibility index (Phi) is 9.56. The Morgan fingerprint density at radius 3 is 1.40 bits per heavy atom. The van der Waals surface area contributed by atoms with Gasteiger partial charge < -0.3 is 10.2 Å². The molecule has 3 nitrogen and oxygen atoms in total. The van der Waals surface area contributed by atoms with Crippen LogP contribution in [0.4, 0.5) is 4.79 Å². The molecule has 0 aromatic heterocycles. The quantitative estimate of drug-likeness (QED) is 0.490. The molecular weight excluding hydrogens is 145 g/mol. The molecule has 0 radical (unpaired) electrons. The molecule has 0 aliphatic heterocycles. The Morgan fingerprint density at radius 2 is 1.40 bits per heavy atom. The van der Waals surface area contributed by atoms with Crippen LogP contribution in [0.5, 0.6) is 0 Å². The van der Waals surface area contributed by atoms with Crippen molar-refractivity contribution in [2.75, 3.05) is 0 Å². The van der Waals surface area contributed by atoms with Crippen molar-refractivity contribution in [1.29, 1.82) is 0 Å². The Hall–Kier alpha value is 1.08. The Morgan fingerprint density at radius 1 is 1.40 bits per heavy atom. The van der Waals surface area contributed by atoms with Crippen LogP contribution in [0.3, 0.4) is 0 Å². The predicted octanol–water partition coefficient (Wildman–Crippen LogP) is -0.426. The maximum atomic E-state index is 8.56. The summed E-state index contributed by atoms with van der Waals surface area (Å²) in [5, 5.41) is 13.9. The third-order valence-corrected chi connectivity index (χ3v) is 0. The zero-order valence-electron chi connectivity index (χ0n) is 1.80. The molecule has 0 aromatic rings. The van der Waals surface area contributed by atoms with Crippen molar-refractivity contribution in [3.63, 3.8) is 0 Å². The average molecular weight is 149 g/mol. The van der Waals surface area contributed by atoms with Gasteiger partial charge in [-0.05, 0) is 0 Å². The SMILES string of the molecule is O=C(O)O.[RbH]. The van der Waals surface area contributed by atoms with Crippen LogP contribution in [-0.2, 0) is 0 Å². The van der Waals surface area contributed by atoms with E-state index in [1.165, 1.54) is 0 Å². The minimum absolute atomic E-state index is 0. The van der Waals surface area contributed by atoms with E-state index in [1.54, 1.807) is 0 Å². The molecule has 0 saturated carbocycles. The fourth-order valence-corrected chi connectivity index (χ4v) is 0. The second-order valence-corrected chi connectivity index (χ2v) is 0.283. The number of carbonyl (C=O) groups is 1. The topological polar surface area (TPSA) is 57.5 Å². The monoisotopic (exact) mass is 148 g/mol. The maximum absolute atomic E-state index is 8.56. The van der Waals surface area contributed by atoms with Crippen LogP contribution in [0.1, 0.15) is 0 Å². The first-order valence-electron chi connectivity index (χ1n) is 0.651. The van der Waals surface area contributed by atoms with Gasteiger partial charge in [-0.15, -0.1) is 0 Å². The van der Waals surface area contributed by atoms with Crippen molar-refractivity contribution in [3.05, 3.63) is 0 Å². The molecule has 0 fully saturated rings. The van der Waals surface area contributed by atoms with Crippen LogP contribution in [0.15, 0.2) is 0 Å². The van der Waals surface area contributed by atoms with Gasteiger partial charge in [0.05, 0.1) is 0 Å². The summed E-state index contributed by atoms with van der Waals surface area (Å²) >= 11 is 0. The molecule has 0 saturated heterocycles. The molecule has 0 heterocycles. The summed E-state index contributed by atoms with van der Waals surface area (Å²) in [6, 6.07) is 0. The second-order valence-electron chi connectivity index (χ2n) is 0.283. The third kappa shape index (κ3) is 41.5. The van der Waals surface area contributed by atoms with Gasteiger partial charge in [0.1, 0.15) is 0 Å². The summed E-state index contributed by atoms with van der Waals surface area (Å²) in [6.07, 6.45) is -1.83. The van der Waals surface area contributed by atoms with Crippen molar-refractivity contribution in [3.8, 4) is 0 Å². The van der Waals surface area contributed by atoms with Crippen LogP contribution >= 0.6 is 0 Å². The van der Waals surface area contributed by atoms with Crippen LogP contribution in [0.2, 0.25) is 0 Å². The molecule has 0 unspecified atom stereocenters. The third-order valence-electron chi connectivity index (χ3n) is 0. The summed E-state index contributed by atoms with van der Waals surface area (Å²) in [5.74, 6) is 0. The summed E-state index contributed by atoms with van der Waals surface area (Å²) in [4.78, 5) is 8.56. The van der Waals surface area contributed by atoms with Gasteiger partial charge in [-0.3, -0.25) is 0 Å². The number of carboxylic acid groups (broad SMARTS) is 2. The minimum atomic E-state index is -1.83. The molecule has 0 rings (SSSR count). The first-order chi connectivity index (χ1) is 1.73. The summed E-state index contributed by atoms with van der Waals surface area (Å²) < 4.78 is 0. The molecule has 26 valence electrons. The van der Waals surface area contributed by atoms with Gasteiger partial charge in [-0.2, -0.15) is 0 Å². The summed E-state index contributed by atoms with van der Waals surface area (Å²) in [5.41, 5.74) is 0. The van der Waals surface area contributed by atoms with E-state index < -0.39 is 6.16 Å². The summed E-state index contributed by atoms with van der Waals surface area (Å²) in [6.45, 7) is 0. The van der Waals surface area contributed by atoms with E-state index in [-0.39, 0.29) is 58.2 Å². The van der Waals surface area contributed by atoms with Crippen molar-refractivity contribution in [2.45, 2.75) is 0 Å². The van der Waals surface area contributed by atoms with Crippen LogP contribution in [0.25, 0.3) is 0 Å². The van der Waals surface area contributed by atoms with E-state index in [4.69, 9.17) is 15.0 Å². The molecule has 0 atom stereocenters. The van der Waals surface area contributed by atoms with Crippen LogP contribution < -0.4 is 0 Å². The van der Waals surface area contributed by atoms with Gasteiger partial charge in [0, 0.05) is 0 Å². The van der Waals surface area contributed by atoms with Gasteiger partial charge in [0.2, 0.25) is 0 Å². The van der Waals surface area contributed by atoms with E-state index in [2.05, 4.69) is 0 Å². The van der Waals surface area contributed by atoms with E-state index in [1.807, 2.05) is 0 Å². The molecule has 0 aliphatic rings. The fourth-order valence-electron chi connectivity index (χ4n) is 0. The predicted molar refractivity (Wildman–Crippen MR) is 17.8 cm³/mol. The average Bonchev–Trinajstić information content (AvgIpc) is 0.811. The molecular formula is CH3O3Rb. The molecule has 0 aromatic carbocycles. The van der Waals surface area contributed by atoms with Crippen molar-refractivity contribution >= 4 is 64.3 Å². The van der Waals surface area contributed by atoms with Crippen LogP contribution in [0, 0.1) is 0 Å². The zero-order chi connectivity index (χ0) is 3.58. The first kappa shape index (κ1) is 9.42. The molecule has 0 amide bonds. The van der Waals surface area contributed by atoms with Gasteiger partial charge in [-0.25, -0.2) is 4.79 Å². The normalized spacial score (nSPS) is 4.80. The van der Waals surface area contributed by atoms with Crippen molar-refractivity contribution in [2.24, 2.45) is 0 Å². The van der Waals surface area contributed by atoms with E-state index in [0.717, 1.165) is 0 Å². The van der Waals surface area contributed by atoms with Gasteiger partial charge in [0.25, 0.3) is 0 Å².